The molecule has 2 aromatic heterocycles. The number of nitrogens with zero attached hydrogens (tertiary/aromatic N) is 5. The Labute approximate surface area is 139 Å². The summed E-state index contributed by atoms with van der Waals surface area (Å²) in [6.45, 7) is 3.14. The van der Waals surface area contributed by atoms with Gasteiger partial charge in [0.2, 0.25) is 6.41 Å². The fourth-order valence-corrected chi connectivity index (χ4v) is 2.43. The summed E-state index contributed by atoms with van der Waals surface area (Å²) >= 11 is 0. The standard InChI is InChI=1S/C16H18N6O2/c23-12-21-4-6-22(7-5-21)15-11-18-14(10-19-15)16(24)20-9-13-2-1-3-17-8-13/h1-3,8,10-12H,4-7,9H2,(H,20,24). The van der Waals surface area contributed by atoms with Crippen molar-refractivity contribution in [2.75, 3.05) is 31.1 Å². The molecule has 0 saturated carbocycles. The zero-order chi connectivity index (χ0) is 16.8. The Morgan fingerprint density at radius 1 is 1.17 bits per heavy atom. The van der Waals surface area contributed by atoms with Crippen LogP contribution < -0.4 is 10.2 Å². The van der Waals surface area contributed by atoms with Crippen LogP contribution in [0.25, 0.3) is 0 Å². The molecule has 0 spiro atoms. The van der Waals surface area contributed by atoms with Gasteiger partial charge in [-0.15, -0.1) is 0 Å². The van der Waals surface area contributed by atoms with Crippen LogP contribution in [0, 0.1) is 0 Å². The number of hydrogen-bond donors (Lipinski definition) is 1. The van der Waals surface area contributed by atoms with Gasteiger partial charge in [-0.1, -0.05) is 6.07 Å². The summed E-state index contributed by atoms with van der Waals surface area (Å²) in [6.07, 6.45) is 7.31. The van der Waals surface area contributed by atoms with Gasteiger partial charge >= 0.3 is 0 Å². The zero-order valence-corrected chi connectivity index (χ0v) is 13.1. The number of pyridine rings is 1. The molecule has 0 bridgehead atoms. The lowest BCUT2D eigenvalue weighted by atomic mass is 10.3. The van der Waals surface area contributed by atoms with Crippen LogP contribution >= 0.6 is 0 Å². The Bertz CT molecular complexity index is 683. The topological polar surface area (TPSA) is 91.3 Å². The molecule has 0 aromatic carbocycles. The quantitative estimate of drug-likeness (QED) is 0.783. The number of piperazine rings is 1. The van der Waals surface area contributed by atoms with Crippen LogP contribution in [-0.4, -0.2) is 58.3 Å². The molecule has 3 rings (SSSR count). The number of aromatic nitrogens is 3. The van der Waals surface area contributed by atoms with Gasteiger partial charge < -0.3 is 15.1 Å². The van der Waals surface area contributed by atoms with Crippen molar-refractivity contribution in [3.05, 3.63) is 48.2 Å². The predicted molar refractivity (Wildman–Crippen MR) is 87.3 cm³/mol. The highest BCUT2D eigenvalue weighted by molar-refractivity contribution is 5.91. The van der Waals surface area contributed by atoms with Crippen molar-refractivity contribution in [1.29, 1.82) is 0 Å². The number of hydrogen-bond acceptors (Lipinski definition) is 6. The van der Waals surface area contributed by atoms with E-state index >= 15 is 0 Å². The molecule has 0 aliphatic carbocycles. The molecule has 2 amide bonds. The Balaban J connectivity index is 1.56. The molecule has 1 aliphatic rings. The minimum atomic E-state index is -0.274. The maximum atomic E-state index is 12.1. The lowest BCUT2D eigenvalue weighted by Crippen LogP contribution is -2.46. The molecule has 2 aromatic rings. The van der Waals surface area contributed by atoms with Gasteiger partial charge in [-0.05, 0) is 11.6 Å². The van der Waals surface area contributed by atoms with Gasteiger partial charge in [-0.25, -0.2) is 9.97 Å². The fourth-order valence-electron chi connectivity index (χ4n) is 2.43. The van der Waals surface area contributed by atoms with Crippen molar-refractivity contribution >= 4 is 18.1 Å². The van der Waals surface area contributed by atoms with Crippen LogP contribution in [-0.2, 0) is 11.3 Å². The highest BCUT2D eigenvalue weighted by Crippen LogP contribution is 2.11. The van der Waals surface area contributed by atoms with Crippen LogP contribution in [0.15, 0.2) is 36.9 Å². The summed E-state index contributed by atoms with van der Waals surface area (Å²) in [5.41, 5.74) is 1.19. The first-order chi connectivity index (χ1) is 11.8. The summed E-state index contributed by atoms with van der Waals surface area (Å²) in [7, 11) is 0. The third-order valence-corrected chi connectivity index (χ3v) is 3.83. The highest BCUT2D eigenvalue weighted by Gasteiger charge is 2.17. The molecule has 8 heteroatoms. The van der Waals surface area contributed by atoms with Crippen molar-refractivity contribution in [3.8, 4) is 0 Å². The summed E-state index contributed by atoms with van der Waals surface area (Å²) in [4.78, 5) is 39.1. The van der Waals surface area contributed by atoms with E-state index in [0.717, 1.165) is 12.0 Å². The average Bonchev–Trinajstić information content (AvgIpc) is 2.67. The van der Waals surface area contributed by atoms with E-state index in [1.807, 2.05) is 17.0 Å². The number of anilines is 1. The first-order valence-electron chi connectivity index (χ1n) is 7.70. The summed E-state index contributed by atoms with van der Waals surface area (Å²) in [5, 5.41) is 2.79. The lowest BCUT2D eigenvalue weighted by Gasteiger charge is -2.33. The minimum Gasteiger partial charge on any atom is -0.352 e. The van der Waals surface area contributed by atoms with E-state index in [1.54, 1.807) is 23.5 Å². The third-order valence-electron chi connectivity index (χ3n) is 3.83. The Morgan fingerprint density at radius 2 is 2.00 bits per heavy atom. The summed E-state index contributed by atoms with van der Waals surface area (Å²) in [5.74, 6) is 0.438. The van der Waals surface area contributed by atoms with E-state index < -0.39 is 0 Å². The van der Waals surface area contributed by atoms with Crippen molar-refractivity contribution in [2.45, 2.75) is 6.54 Å². The number of nitrogens with one attached hydrogen (secondary N) is 1. The Hall–Kier alpha value is -3.03. The van der Waals surface area contributed by atoms with Crippen LogP contribution in [0.2, 0.25) is 0 Å². The van der Waals surface area contributed by atoms with Gasteiger partial charge in [0.1, 0.15) is 11.5 Å². The van der Waals surface area contributed by atoms with Crippen molar-refractivity contribution in [2.24, 2.45) is 0 Å². The number of amides is 2. The van der Waals surface area contributed by atoms with E-state index in [-0.39, 0.29) is 11.6 Å². The molecule has 3 heterocycles. The van der Waals surface area contributed by atoms with Crippen molar-refractivity contribution < 1.29 is 9.59 Å². The monoisotopic (exact) mass is 326 g/mol. The normalized spacial score (nSPS) is 14.3. The van der Waals surface area contributed by atoms with Crippen LogP contribution in [0.3, 0.4) is 0 Å². The Morgan fingerprint density at radius 3 is 2.62 bits per heavy atom. The van der Waals surface area contributed by atoms with E-state index in [2.05, 4.69) is 20.3 Å². The Kier molecular flexibility index (Phi) is 4.95. The average molecular weight is 326 g/mol. The number of carbonyl (C=O) groups excluding carboxylic acids is 2. The molecule has 124 valence electrons. The second kappa shape index (κ2) is 7.49. The molecule has 0 atom stereocenters. The second-order valence-electron chi connectivity index (χ2n) is 5.43. The maximum absolute atomic E-state index is 12.1. The first-order valence-corrected chi connectivity index (χ1v) is 7.70. The number of rotatable bonds is 5. The zero-order valence-electron chi connectivity index (χ0n) is 13.1. The van der Waals surface area contributed by atoms with E-state index in [1.165, 1.54) is 6.20 Å². The fraction of sp³-hybridized carbons (Fsp3) is 0.312. The minimum absolute atomic E-state index is 0.272. The van der Waals surface area contributed by atoms with Crippen LogP contribution in [0.4, 0.5) is 5.82 Å². The largest absolute Gasteiger partial charge is 0.352 e. The third kappa shape index (κ3) is 3.83. The molecule has 1 saturated heterocycles. The molecule has 1 fully saturated rings. The molecule has 0 radical (unpaired) electrons. The first kappa shape index (κ1) is 15.9. The molecule has 8 nitrogen and oxygen atoms in total. The molecular weight excluding hydrogens is 308 g/mol. The van der Waals surface area contributed by atoms with Crippen LogP contribution in [0.1, 0.15) is 16.1 Å². The predicted octanol–water partition coefficient (Wildman–Crippen LogP) is 0.0800. The van der Waals surface area contributed by atoms with E-state index in [4.69, 9.17) is 0 Å². The highest BCUT2D eigenvalue weighted by atomic mass is 16.2. The van der Waals surface area contributed by atoms with Gasteiger partial charge in [0.25, 0.3) is 5.91 Å². The second-order valence-corrected chi connectivity index (χ2v) is 5.43. The van der Waals surface area contributed by atoms with Gasteiger partial charge in [0.05, 0.1) is 12.4 Å². The van der Waals surface area contributed by atoms with Crippen molar-refractivity contribution in [1.82, 2.24) is 25.2 Å². The van der Waals surface area contributed by atoms with Crippen molar-refractivity contribution in [3.63, 3.8) is 0 Å². The maximum Gasteiger partial charge on any atom is 0.271 e. The van der Waals surface area contributed by atoms with Gasteiger partial charge in [0.15, 0.2) is 0 Å². The molecule has 1 N–H and O–H groups in total. The number of carbonyl (C=O) groups is 2. The van der Waals surface area contributed by atoms with Crippen LogP contribution in [0.5, 0.6) is 0 Å². The van der Waals surface area contributed by atoms with E-state index in [0.29, 0.717) is 38.5 Å². The lowest BCUT2D eigenvalue weighted by molar-refractivity contribution is -0.118. The molecule has 24 heavy (non-hydrogen) atoms. The van der Waals surface area contributed by atoms with Gasteiger partial charge in [-0.3, -0.25) is 14.6 Å². The SMILES string of the molecule is O=CN1CCN(c2cnc(C(=O)NCc3cccnc3)cn2)CC1. The summed E-state index contributed by atoms with van der Waals surface area (Å²) < 4.78 is 0. The van der Waals surface area contributed by atoms with E-state index in [9.17, 15) is 9.59 Å². The molecular formula is C16H18N6O2. The molecule has 1 aliphatic heterocycles. The smallest absolute Gasteiger partial charge is 0.271 e. The van der Waals surface area contributed by atoms with Gasteiger partial charge in [0, 0.05) is 45.1 Å². The molecule has 0 unspecified atom stereocenters. The van der Waals surface area contributed by atoms with Gasteiger partial charge in [-0.2, -0.15) is 0 Å². The summed E-state index contributed by atoms with van der Waals surface area (Å²) in [6, 6.07) is 3.71.